The van der Waals surface area contributed by atoms with Gasteiger partial charge in [0.15, 0.2) is 0 Å². The second kappa shape index (κ2) is 4.84. The van der Waals surface area contributed by atoms with Gasteiger partial charge < -0.3 is 9.84 Å². The molecule has 2 aliphatic rings. The molecular weight excluding hydrogens is 188 g/mol. The third-order valence-corrected chi connectivity index (χ3v) is 4.18. The molecule has 1 unspecified atom stereocenters. The van der Waals surface area contributed by atoms with Crippen LogP contribution in [0.3, 0.4) is 0 Å². The second-order valence-electron chi connectivity index (χ2n) is 5.41. The Balaban J connectivity index is 1.85. The molecule has 2 fully saturated rings. The second-order valence-corrected chi connectivity index (χ2v) is 5.41. The lowest BCUT2D eigenvalue weighted by Gasteiger charge is -2.44. The summed E-state index contributed by atoms with van der Waals surface area (Å²) in [7, 11) is 0. The van der Waals surface area contributed by atoms with E-state index in [0.29, 0.717) is 0 Å². The molecule has 1 aliphatic carbocycles. The molecule has 1 saturated carbocycles. The van der Waals surface area contributed by atoms with Crippen LogP contribution in [0.15, 0.2) is 0 Å². The van der Waals surface area contributed by atoms with Gasteiger partial charge in [-0.3, -0.25) is 0 Å². The normalized spacial score (nSPS) is 42.0. The van der Waals surface area contributed by atoms with Crippen molar-refractivity contribution in [3.8, 4) is 0 Å². The molecule has 0 bridgehead atoms. The molecule has 1 aliphatic heterocycles. The van der Waals surface area contributed by atoms with Gasteiger partial charge in [-0.05, 0) is 38.0 Å². The lowest BCUT2D eigenvalue weighted by molar-refractivity contribution is -0.140. The maximum atomic E-state index is 9.72. The molecule has 2 heteroatoms. The van der Waals surface area contributed by atoms with Crippen LogP contribution in [0, 0.1) is 5.92 Å². The van der Waals surface area contributed by atoms with Gasteiger partial charge in [0.05, 0.1) is 11.7 Å². The van der Waals surface area contributed by atoms with Gasteiger partial charge in [-0.2, -0.15) is 0 Å². The van der Waals surface area contributed by atoms with Crippen LogP contribution in [0.4, 0.5) is 0 Å². The first kappa shape index (κ1) is 11.4. The van der Waals surface area contributed by atoms with Crippen LogP contribution in [0.5, 0.6) is 0 Å². The fourth-order valence-electron chi connectivity index (χ4n) is 3.25. The molecule has 88 valence electrons. The summed E-state index contributed by atoms with van der Waals surface area (Å²) in [6, 6.07) is 0. The zero-order valence-electron chi connectivity index (χ0n) is 9.87. The van der Waals surface area contributed by atoms with Crippen molar-refractivity contribution in [3.63, 3.8) is 0 Å². The highest BCUT2D eigenvalue weighted by atomic mass is 16.5. The summed E-state index contributed by atoms with van der Waals surface area (Å²) in [5.74, 6) is 0.920. The molecule has 1 spiro atoms. The first-order chi connectivity index (χ1) is 7.24. The molecule has 1 heterocycles. The van der Waals surface area contributed by atoms with Crippen LogP contribution in [-0.4, -0.2) is 23.4 Å². The minimum absolute atomic E-state index is 0.0574. The summed E-state index contributed by atoms with van der Waals surface area (Å²) in [5, 5.41) is 9.72. The van der Waals surface area contributed by atoms with Gasteiger partial charge in [-0.15, -0.1) is 0 Å². The predicted octanol–water partition coefficient (Wildman–Crippen LogP) is 2.89. The monoisotopic (exact) mass is 212 g/mol. The maximum absolute atomic E-state index is 9.72. The van der Waals surface area contributed by atoms with Crippen LogP contribution >= 0.6 is 0 Å². The minimum atomic E-state index is -0.110. The van der Waals surface area contributed by atoms with E-state index >= 15 is 0 Å². The first-order valence-corrected chi connectivity index (χ1v) is 6.56. The third kappa shape index (κ3) is 2.73. The van der Waals surface area contributed by atoms with Crippen molar-refractivity contribution < 1.29 is 9.84 Å². The van der Waals surface area contributed by atoms with Gasteiger partial charge in [0.25, 0.3) is 0 Å². The smallest absolute Gasteiger partial charge is 0.0707 e. The number of hydrogen-bond donors (Lipinski definition) is 1. The molecular formula is C13H24O2. The van der Waals surface area contributed by atoms with Crippen molar-refractivity contribution in [1.82, 2.24) is 0 Å². The molecule has 0 aromatic carbocycles. The quantitative estimate of drug-likeness (QED) is 0.762. The lowest BCUT2D eigenvalue weighted by Crippen LogP contribution is -2.44. The van der Waals surface area contributed by atoms with Crippen LogP contribution in [0.2, 0.25) is 0 Å². The summed E-state index contributed by atoms with van der Waals surface area (Å²) < 4.78 is 5.94. The maximum Gasteiger partial charge on any atom is 0.0707 e. The van der Waals surface area contributed by atoms with Crippen LogP contribution in [-0.2, 0) is 4.74 Å². The molecule has 0 aromatic heterocycles. The Morgan fingerprint density at radius 1 is 1.27 bits per heavy atom. The molecule has 1 saturated heterocycles. The molecule has 2 nitrogen and oxygen atoms in total. The van der Waals surface area contributed by atoms with Gasteiger partial charge in [0, 0.05) is 13.0 Å². The molecule has 1 atom stereocenters. The fourth-order valence-corrected chi connectivity index (χ4v) is 3.25. The highest BCUT2D eigenvalue weighted by molar-refractivity contribution is 4.91. The summed E-state index contributed by atoms with van der Waals surface area (Å²) in [4.78, 5) is 0. The summed E-state index contributed by atoms with van der Waals surface area (Å²) in [5.41, 5.74) is 0.0574. The molecule has 0 aromatic rings. The van der Waals surface area contributed by atoms with Crippen molar-refractivity contribution >= 4 is 0 Å². The lowest BCUT2D eigenvalue weighted by atomic mass is 9.73. The Morgan fingerprint density at radius 2 is 2.00 bits per heavy atom. The summed E-state index contributed by atoms with van der Waals surface area (Å²) in [6.45, 7) is 3.03. The Kier molecular flexibility index (Phi) is 3.68. The molecule has 1 N–H and O–H groups in total. The molecule has 2 rings (SSSR count). The van der Waals surface area contributed by atoms with E-state index in [-0.39, 0.29) is 11.7 Å². The Labute approximate surface area is 93.0 Å². The van der Waals surface area contributed by atoms with E-state index in [4.69, 9.17) is 4.74 Å². The van der Waals surface area contributed by atoms with Crippen LogP contribution < -0.4 is 0 Å². The van der Waals surface area contributed by atoms with E-state index in [1.54, 1.807) is 0 Å². The third-order valence-electron chi connectivity index (χ3n) is 4.18. The SMILES string of the molecule is CCCC1CCC2(CC1)CC(O)CCO2. The topological polar surface area (TPSA) is 29.5 Å². The van der Waals surface area contributed by atoms with Gasteiger partial charge in [-0.25, -0.2) is 0 Å². The minimum Gasteiger partial charge on any atom is -0.393 e. The van der Waals surface area contributed by atoms with Crippen LogP contribution in [0.1, 0.15) is 58.3 Å². The van der Waals surface area contributed by atoms with Crippen molar-refractivity contribution in [2.24, 2.45) is 5.92 Å². The molecule has 0 radical (unpaired) electrons. The van der Waals surface area contributed by atoms with E-state index in [1.807, 2.05) is 0 Å². The number of hydrogen-bond acceptors (Lipinski definition) is 2. The first-order valence-electron chi connectivity index (χ1n) is 6.56. The van der Waals surface area contributed by atoms with Crippen molar-refractivity contribution in [3.05, 3.63) is 0 Å². The number of ether oxygens (including phenoxy) is 1. The van der Waals surface area contributed by atoms with E-state index in [0.717, 1.165) is 25.4 Å². The van der Waals surface area contributed by atoms with Gasteiger partial charge >= 0.3 is 0 Å². The van der Waals surface area contributed by atoms with Crippen molar-refractivity contribution in [2.75, 3.05) is 6.61 Å². The Hall–Kier alpha value is -0.0800. The van der Waals surface area contributed by atoms with E-state index in [9.17, 15) is 5.11 Å². The number of aliphatic hydroxyl groups excluding tert-OH is 1. The largest absolute Gasteiger partial charge is 0.393 e. The van der Waals surface area contributed by atoms with Crippen molar-refractivity contribution in [1.29, 1.82) is 0 Å². The van der Waals surface area contributed by atoms with E-state index < -0.39 is 0 Å². The molecule has 15 heavy (non-hydrogen) atoms. The molecule has 0 amide bonds. The Morgan fingerprint density at radius 3 is 2.60 bits per heavy atom. The van der Waals surface area contributed by atoms with Gasteiger partial charge in [0.1, 0.15) is 0 Å². The summed E-state index contributed by atoms with van der Waals surface area (Å²) in [6.07, 6.45) is 9.25. The van der Waals surface area contributed by atoms with E-state index in [1.165, 1.54) is 38.5 Å². The van der Waals surface area contributed by atoms with Crippen molar-refractivity contribution in [2.45, 2.75) is 70.0 Å². The number of rotatable bonds is 2. The zero-order valence-corrected chi connectivity index (χ0v) is 9.87. The fraction of sp³-hybridized carbons (Fsp3) is 1.00. The summed E-state index contributed by atoms with van der Waals surface area (Å²) >= 11 is 0. The highest BCUT2D eigenvalue weighted by Crippen LogP contribution is 2.41. The number of aliphatic hydroxyl groups is 1. The van der Waals surface area contributed by atoms with E-state index in [2.05, 4.69) is 6.92 Å². The van der Waals surface area contributed by atoms with Gasteiger partial charge in [0.2, 0.25) is 0 Å². The van der Waals surface area contributed by atoms with Gasteiger partial charge in [-0.1, -0.05) is 19.8 Å². The Bertz CT molecular complexity index is 195. The average molecular weight is 212 g/mol. The standard InChI is InChI=1S/C13H24O2/c1-2-3-11-4-7-13(8-5-11)10-12(14)6-9-15-13/h11-12,14H,2-10H2,1H3. The van der Waals surface area contributed by atoms with Crippen LogP contribution in [0.25, 0.3) is 0 Å². The highest BCUT2D eigenvalue weighted by Gasteiger charge is 2.39. The average Bonchev–Trinajstić information content (AvgIpc) is 2.22. The predicted molar refractivity (Wildman–Crippen MR) is 60.8 cm³/mol. The zero-order chi connectivity index (χ0) is 10.7.